The zero-order valence-corrected chi connectivity index (χ0v) is 10.7. The number of carbonyl (C=O) groups excluding carboxylic acids is 1. The second-order valence-corrected chi connectivity index (χ2v) is 4.01. The lowest BCUT2D eigenvalue weighted by atomic mass is 10.2. The van der Waals surface area contributed by atoms with Crippen LogP contribution in [0.5, 0.6) is 0 Å². The molecule has 1 amide bonds. The van der Waals surface area contributed by atoms with E-state index in [1.165, 1.54) is 12.3 Å². The predicted molar refractivity (Wildman–Crippen MR) is 72.3 cm³/mol. The van der Waals surface area contributed by atoms with Gasteiger partial charge in [-0.15, -0.1) is 0 Å². The zero-order valence-electron chi connectivity index (χ0n) is 10.7. The number of nitrogens with zero attached hydrogens (tertiary/aromatic N) is 1. The maximum atomic E-state index is 11.9. The molecule has 0 aliphatic rings. The van der Waals surface area contributed by atoms with Gasteiger partial charge in [-0.1, -0.05) is 6.07 Å². The van der Waals surface area contributed by atoms with E-state index in [0.717, 1.165) is 11.6 Å². The highest BCUT2D eigenvalue weighted by atomic mass is 16.4. The number of furan rings is 1. The Morgan fingerprint density at radius 3 is 2.80 bits per heavy atom. The summed E-state index contributed by atoms with van der Waals surface area (Å²) >= 11 is 0. The Morgan fingerprint density at radius 1 is 1.35 bits per heavy atom. The van der Waals surface area contributed by atoms with E-state index in [2.05, 4.69) is 10.3 Å². The minimum Gasteiger partial charge on any atom is -0.478 e. The standard InChI is InChI=1S/C14H12N2O4/c1-9-7-8-20-13(9)14(19)16-11-4-2-3-10(15-11)5-6-12(17)18/h2-8H,1H3,(H,17,18)(H,15,16,19). The third-order valence-corrected chi connectivity index (χ3v) is 2.48. The summed E-state index contributed by atoms with van der Waals surface area (Å²) in [6.07, 6.45) is 3.75. The van der Waals surface area contributed by atoms with Crippen LogP contribution in [-0.4, -0.2) is 22.0 Å². The van der Waals surface area contributed by atoms with Crippen molar-refractivity contribution in [3.63, 3.8) is 0 Å². The van der Waals surface area contributed by atoms with Crippen LogP contribution in [0, 0.1) is 6.92 Å². The first-order chi connectivity index (χ1) is 9.56. The van der Waals surface area contributed by atoms with Crippen molar-refractivity contribution in [2.45, 2.75) is 6.92 Å². The molecule has 0 saturated heterocycles. The molecule has 2 aromatic rings. The largest absolute Gasteiger partial charge is 0.478 e. The van der Waals surface area contributed by atoms with Gasteiger partial charge in [-0.25, -0.2) is 9.78 Å². The molecular weight excluding hydrogens is 260 g/mol. The molecule has 0 fully saturated rings. The summed E-state index contributed by atoms with van der Waals surface area (Å²) in [5.41, 5.74) is 1.16. The van der Waals surface area contributed by atoms with E-state index in [1.54, 1.807) is 31.2 Å². The molecule has 0 atom stereocenters. The first-order valence-corrected chi connectivity index (χ1v) is 5.80. The van der Waals surface area contributed by atoms with Crippen molar-refractivity contribution in [1.29, 1.82) is 0 Å². The van der Waals surface area contributed by atoms with Crippen LogP contribution < -0.4 is 5.32 Å². The zero-order chi connectivity index (χ0) is 14.5. The molecular formula is C14H12N2O4. The maximum Gasteiger partial charge on any atom is 0.328 e. The highest BCUT2D eigenvalue weighted by Gasteiger charge is 2.13. The van der Waals surface area contributed by atoms with Gasteiger partial charge in [0.2, 0.25) is 0 Å². The normalized spacial score (nSPS) is 10.7. The highest BCUT2D eigenvalue weighted by Crippen LogP contribution is 2.12. The molecule has 0 bridgehead atoms. The number of aliphatic carboxylic acids is 1. The Hall–Kier alpha value is -2.89. The van der Waals surface area contributed by atoms with Gasteiger partial charge in [0, 0.05) is 11.6 Å². The molecule has 0 aromatic carbocycles. The quantitative estimate of drug-likeness (QED) is 0.833. The first-order valence-electron chi connectivity index (χ1n) is 5.80. The van der Waals surface area contributed by atoms with Crippen LogP contribution in [0.4, 0.5) is 5.82 Å². The van der Waals surface area contributed by atoms with E-state index in [4.69, 9.17) is 9.52 Å². The van der Waals surface area contributed by atoms with Crippen molar-refractivity contribution in [3.8, 4) is 0 Å². The SMILES string of the molecule is Cc1ccoc1C(=O)Nc1cccc(C=CC(=O)O)n1. The number of carboxylic acids is 1. The molecule has 6 heteroatoms. The van der Waals surface area contributed by atoms with E-state index in [-0.39, 0.29) is 5.76 Å². The third-order valence-electron chi connectivity index (χ3n) is 2.48. The predicted octanol–water partition coefficient (Wildman–Crippen LogP) is 2.33. The number of carboxylic acid groups (broad SMARTS) is 1. The van der Waals surface area contributed by atoms with Crippen LogP contribution in [0.3, 0.4) is 0 Å². The van der Waals surface area contributed by atoms with Gasteiger partial charge in [0.25, 0.3) is 5.91 Å². The number of carbonyl (C=O) groups is 2. The van der Waals surface area contributed by atoms with Crippen LogP contribution in [0.15, 0.2) is 41.0 Å². The third kappa shape index (κ3) is 3.32. The van der Waals surface area contributed by atoms with Crippen molar-refractivity contribution in [3.05, 3.63) is 53.6 Å². The van der Waals surface area contributed by atoms with Crippen molar-refractivity contribution < 1.29 is 19.1 Å². The molecule has 0 spiro atoms. The summed E-state index contributed by atoms with van der Waals surface area (Å²) < 4.78 is 5.08. The molecule has 2 heterocycles. The molecule has 0 aliphatic carbocycles. The van der Waals surface area contributed by atoms with Gasteiger partial charge in [0.15, 0.2) is 5.76 Å². The van der Waals surface area contributed by atoms with Crippen LogP contribution in [0.2, 0.25) is 0 Å². The lowest BCUT2D eigenvalue weighted by molar-refractivity contribution is -0.131. The summed E-state index contributed by atoms with van der Waals surface area (Å²) in [6.45, 7) is 1.76. The molecule has 0 radical (unpaired) electrons. The number of amides is 1. The van der Waals surface area contributed by atoms with E-state index in [1.807, 2.05) is 0 Å². The molecule has 2 rings (SSSR count). The minimum absolute atomic E-state index is 0.221. The fraction of sp³-hybridized carbons (Fsp3) is 0.0714. The number of pyridine rings is 1. The Labute approximate surface area is 114 Å². The van der Waals surface area contributed by atoms with E-state index >= 15 is 0 Å². The maximum absolute atomic E-state index is 11.9. The first kappa shape index (κ1) is 13.5. The Bertz CT molecular complexity index is 673. The summed E-state index contributed by atoms with van der Waals surface area (Å²) in [5, 5.41) is 11.1. The molecule has 2 N–H and O–H groups in total. The van der Waals surface area contributed by atoms with Crippen molar-refractivity contribution in [2.75, 3.05) is 5.32 Å². The average Bonchev–Trinajstić information content (AvgIpc) is 2.83. The van der Waals surface area contributed by atoms with Crippen LogP contribution in [-0.2, 0) is 4.79 Å². The number of anilines is 1. The minimum atomic E-state index is -1.06. The summed E-state index contributed by atoms with van der Waals surface area (Å²) in [6, 6.07) is 6.59. The van der Waals surface area contributed by atoms with Gasteiger partial charge < -0.3 is 14.8 Å². The van der Waals surface area contributed by atoms with Crippen LogP contribution >= 0.6 is 0 Å². The molecule has 102 valence electrons. The van der Waals surface area contributed by atoms with Gasteiger partial charge in [0.05, 0.1) is 12.0 Å². The molecule has 0 unspecified atom stereocenters. The molecule has 6 nitrogen and oxygen atoms in total. The average molecular weight is 272 g/mol. The Morgan fingerprint density at radius 2 is 2.15 bits per heavy atom. The summed E-state index contributed by atoms with van der Waals surface area (Å²) in [7, 11) is 0. The Balaban J connectivity index is 2.14. The number of aryl methyl sites for hydroxylation is 1. The second-order valence-electron chi connectivity index (χ2n) is 4.01. The van der Waals surface area contributed by atoms with Crippen LogP contribution in [0.1, 0.15) is 21.8 Å². The van der Waals surface area contributed by atoms with Crippen LogP contribution in [0.25, 0.3) is 6.08 Å². The van der Waals surface area contributed by atoms with Gasteiger partial charge in [-0.3, -0.25) is 4.79 Å². The van der Waals surface area contributed by atoms with Gasteiger partial charge in [-0.05, 0) is 31.2 Å². The van der Waals surface area contributed by atoms with Crippen molar-refractivity contribution in [2.24, 2.45) is 0 Å². The smallest absolute Gasteiger partial charge is 0.328 e. The summed E-state index contributed by atoms with van der Waals surface area (Å²) in [5.74, 6) is -0.927. The van der Waals surface area contributed by atoms with E-state index in [9.17, 15) is 9.59 Å². The number of rotatable bonds is 4. The number of aromatic nitrogens is 1. The monoisotopic (exact) mass is 272 g/mol. The lowest BCUT2D eigenvalue weighted by Gasteiger charge is -2.03. The Kier molecular flexibility index (Phi) is 3.95. The molecule has 2 aromatic heterocycles. The topological polar surface area (TPSA) is 92.4 Å². The molecule has 20 heavy (non-hydrogen) atoms. The summed E-state index contributed by atoms with van der Waals surface area (Å²) in [4.78, 5) is 26.4. The lowest BCUT2D eigenvalue weighted by Crippen LogP contribution is -2.13. The van der Waals surface area contributed by atoms with E-state index < -0.39 is 11.9 Å². The van der Waals surface area contributed by atoms with Crippen molar-refractivity contribution in [1.82, 2.24) is 4.98 Å². The van der Waals surface area contributed by atoms with Gasteiger partial charge >= 0.3 is 5.97 Å². The highest BCUT2D eigenvalue weighted by molar-refractivity contribution is 6.02. The molecule has 0 aliphatic heterocycles. The number of hydrogen-bond donors (Lipinski definition) is 2. The van der Waals surface area contributed by atoms with Gasteiger partial charge in [0.1, 0.15) is 5.82 Å². The number of nitrogens with one attached hydrogen (secondary N) is 1. The second kappa shape index (κ2) is 5.83. The molecule has 0 saturated carbocycles. The fourth-order valence-corrected chi connectivity index (χ4v) is 1.55. The van der Waals surface area contributed by atoms with Crippen molar-refractivity contribution >= 4 is 23.8 Å². The van der Waals surface area contributed by atoms with E-state index in [0.29, 0.717) is 11.5 Å². The van der Waals surface area contributed by atoms with Gasteiger partial charge in [-0.2, -0.15) is 0 Å². The fourth-order valence-electron chi connectivity index (χ4n) is 1.55. The number of hydrogen-bond acceptors (Lipinski definition) is 4.